The van der Waals surface area contributed by atoms with Crippen molar-refractivity contribution in [1.82, 2.24) is 4.90 Å². The highest BCUT2D eigenvalue weighted by atomic mass is 19.1. The van der Waals surface area contributed by atoms with Crippen LogP contribution in [0.15, 0.2) is 36.4 Å². The Morgan fingerprint density at radius 3 is 2.27 bits per heavy atom. The van der Waals surface area contributed by atoms with Gasteiger partial charge in [0, 0.05) is 18.3 Å². The predicted octanol–water partition coefficient (Wildman–Crippen LogP) is 3.44. The molecule has 0 aliphatic rings. The normalized spacial score (nSPS) is 10.7. The molecule has 1 amide bonds. The molecule has 0 aromatic heterocycles. The van der Waals surface area contributed by atoms with Crippen LogP contribution in [0, 0.1) is 11.6 Å². The fraction of sp³-hybridized carbons (Fsp3) is 0.316. The van der Waals surface area contributed by atoms with Crippen LogP contribution in [0.3, 0.4) is 0 Å². The van der Waals surface area contributed by atoms with Gasteiger partial charge in [0.05, 0.1) is 20.8 Å². The summed E-state index contributed by atoms with van der Waals surface area (Å²) >= 11 is 0. The number of halogens is 2. The fourth-order valence-corrected chi connectivity index (χ4v) is 2.55. The van der Waals surface area contributed by atoms with Gasteiger partial charge in [-0.2, -0.15) is 0 Å². The van der Waals surface area contributed by atoms with Crippen molar-refractivity contribution >= 4 is 11.6 Å². The second kappa shape index (κ2) is 9.15. The highest BCUT2D eigenvalue weighted by Gasteiger charge is 2.13. The topological polar surface area (TPSA) is 50.8 Å². The van der Waals surface area contributed by atoms with Gasteiger partial charge in [0.25, 0.3) is 0 Å². The molecule has 0 unspecified atom stereocenters. The zero-order valence-corrected chi connectivity index (χ0v) is 15.0. The smallest absolute Gasteiger partial charge is 0.238 e. The lowest BCUT2D eigenvalue weighted by Gasteiger charge is -2.20. The molecule has 2 rings (SSSR count). The minimum atomic E-state index is -0.738. The summed E-state index contributed by atoms with van der Waals surface area (Å²) in [7, 11) is 3.13. The van der Waals surface area contributed by atoms with Crippen molar-refractivity contribution in [3.8, 4) is 11.5 Å². The maximum Gasteiger partial charge on any atom is 0.238 e. The molecule has 0 saturated carbocycles. The van der Waals surface area contributed by atoms with Crippen molar-refractivity contribution in [2.75, 3.05) is 32.6 Å². The van der Waals surface area contributed by atoms with Crippen LogP contribution in [-0.4, -0.2) is 38.1 Å². The Hall–Kier alpha value is -2.67. The number of nitrogens with one attached hydrogen (secondary N) is 1. The zero-order valence-electron chi connectivity index (χ0n) is 15.0. The van der Waals surface area contributed by atoms with Crippen molar-refractivity contribution in [3.63, 3.8) is 0 Å². The number of anilines is 1. The van der Waals surface area contributed by atoms with E-state index in [-0.39, 0.29) is 18.1 Å². The third-order valence-corrected chi connectivity index (χ3v) is 3.81. The van der Waals surface area contributed by atoms with Gasteiger partial charge in [-0.1, -0.05) is 13.0 Å². The molecule has 0 saturated heterocycles. The summed E-state index contributed by atoms with van der Waals surface area (Å²) in [6.07, 6.45) is 0. The number of nitrogens with zero attached hydrogens (tertiary/aromatic N) is 1. The first-order chi connectivity index (χ1) is 12.4. The molecule has 0 radical (unpaired) electrons. The molecule has 0 aliphatic carbocycles. The number of carbonyl (C=O) groups is 1. The monoisotopic (exact) mass is 364 g/mol. The molecular formula is C19H22F2N2O3. The SMILES string of the molecule is CCN(CC(=O)Nc1cc(F)cc(F)c1)Cc1ccc(OC)c(OC)c1. The number of rotatable bonds is 8. The average Bonchev–Trinajstić information content (AvgIpc) is 2.59. The van der Waals surface area contributed by atoms with E-state index in [2.05, 4.69) is 5.32 Å². The van der Waals surface area contributed by atoms with Crippen LogP contribution in [0.4, 0.5) is 14.5 Å². The number of carbonyl (C=O) groups excluding carboxylic acids is 1. The first kappa shape index (κ1) is 19.7. The van der Waals surface area contributed by atoms with Crippen LogP contribution in [0.2, 0.25) is 0 Å². The summed E-state index contributed by atoms with van der Waals surface area (Å²) in [6.45, 7) is 3.15. The van der Waals surface area contributed by atoms with Gasteiger partial charge in [-0.3, -0.25) is 9.69 Å². The van der Waals surface area contributed by atoms with E-state index in [1.165, 1.54) is 0 Å². The second-order valence-corrected chi connectivity index (χ2v) is 5.70. The van der Waals surface area contributed by atoms with E-state index in [9.17, 15) is 13.6 Å². The van der Waals surface area contributed by atoms with E-state index in [0.717, 1.165) is 23.8 Å². The molecular weight excluding hydrogens is 342 g/mol. The van der Waals surface area contributed by atoms with Crippen LogP contribution < -0.4 is 14.8 Å². The minimum absolute atomic E-state index is 0.0863. The van der Waals surface area contributed by atoms with E-state index < -0.39 is 11.6 Å². The van der Waals surface area contributed by atoms with Crippen molar-refractivity contribution in [1.29, 1.82) is 0 Å². The molecule has 0 fully saturated rings. The molecule has 5 nitrogen and oxygen atoms in total. The lowest BCUT2D eigenvalue weighted by Crippen LogP contribution is -2.32. The maximum absolute atomic E-state index is 13.2. The number of ether oxygens (including phenoxy) is 2. The van der Waals surface area contributed by atoms with E-state index in [4.69, 9.17) is 9.47 Å². The predicted molar refractivity (Wildman–Crippen MR) is 95.5 cm³/mol. The van der Waals surface area contributed by atoms with Crippen LogP contribution in [0.5, 0.6) is 11.5 Å². The van der Waals surface area contributed by atoms with Crippen LogP contribution >= 0.6 is 0 Å². The largest absolute Gasteiger partial charge is 0.493 e. The van der Waals surface area contributed by atoms with E-state index in [1.807, 2.05) is 24.0 Å². The second-order valence-electron chi connectivity index (χ2n) is 5.70. The lowest BCUT2D eigenvalue weighted by atomic mass is 10.2. The van der Waals surface area contributed by atoms with E-state index in [0.29, 0.717) is 24.6 Å². The van der Waals surface area contributed by atoms with Gasteiger partial charge in [0.1, 0.15) is 11.6 Å². The number of benzene rings is 2. The molecule has 26 heavy (non-hydrogen) atoms. The van der Waals surface area contributed by atoms with Gasteiger partial charge >= 0.3 is 0 Å². The highest BCUT2D eigenvalue weighted by Crippen LogP contribution is 2.28. The molecule has 0 atom stereocenters. The molecule has 0 aliphatic heterocycles. The molecule has 140 valence electrons. The third kappa shape index (κ3) is 5.42. The first-order valence-electron chi connectivity index (χ1n) is 8.14. The Balaban J connectivity index is 2.01. The van der Waals surface area contributed by atoms with Crippen molar-refractivity contribution < 1.29 is 23.0 Å². The zero-order chi connectivity index (χ0) is 19.1. The first-order valence-corrected chi connectivity index (χ1v) is 8.14. The Kier molecular flexibility index (Phi) is 6.91. The third-order valence-electron chi connectivity index (χ3n) is 3.81. The standard InChI is InChI=1S/C19H22F2N2O3/c1-4-23(11-13-5-6-17(25-2)18(7-13)26-3)12-19(24)22-16-9-14(20)8-15(21)10-16/h5-10H,4,11-12H2,1-3H3,(H,22,24). The molecule has 2 aromatic rings. The van der Waals surface area contributed by atoms with Crippen molar-refractivity contribution in [2.24, 2.45) is 0 Å². The Morgan fingerprint density at radius 1 is 1.04 bits per heavy atom. The summed E-state index contributed by atoms with van der Waals surface area (Å²) in [6, 6.07) is 8.45. The van der Waals surface area contributed by atoms with Gasteiger partial charge in [0.15, 0.2) is 11.5 Å². The van der Waals surface area contributed by atoms with Crippen LogP contribution in [0.1, 0.15) is 12.5 Å². The Labute approximate surface area is 151 Å². The maximum atomic E-state index is 13.2. The Bertz CT molecular complexity index is 748. The molecule has 1 N–H and O–H groups in total. The molecule has 0 bridgehead atoms. The molecule has 2 aromatic carbocycles. The molecule has 0 spiro atoms. The summed E-state index contributed by atoms with van der Waals surface area (Å²) < 4.78 is 36.9. The number of hydrogen-bond donors (Lipinski definition) is 1. The van der Waals surface area contributed by atoms with Gasteiger partial charge in [-0.25, -0.2) is 8.78 Å². The average molecular weight is 364 g/mol. The summed E-state index contributed by atoms with van der Waals surface area (Å²) in [4.78, 5) is 14.1. The van der Waals surface area contributed by atoms with E-state index in [1.54, 1.807) is 20.3 Å². The summed E-state index contributed by atoms with van der Waals surface area (Å²) in [5.41, 5.74) is 1.05. The van der Waals surface area contributed by atoms with Gasteiger partial charge in [-0.15, -0.1) is 0 Å². The lowest BCUT2D eigenvalue weighted by molar-refractivity contribution is -0.117. The Morgan fingerprint density at radius 2 is 1.69 bits per heavy atom. The van der Waals surface area contributed by atoms with Crippen molar-refractivity contribution in [2.45, 2.75) is 13.5 Å². The van der Waals surface area contributed by atoms with E-state index >= 15 is 0 Å². The number of hydrogen-bond acceptors (Lipinski definition) is 4. The number of amides is 1. The summed E-state index contributed by atoms with van der Waals surface area (Å²) in [5.74, 6) is -0.584. The van der Waals surface area contributed by atoms with Crippen molar-refractivity contribution in [3.05, 3.63) is 53.6 Å². The van der Waals surface area contributed by atoms with Gasteiger partial charge in [-0.05, 0) is 36.4 Å². The number of methoxy groups -OCH3 is 2. The molecule has 7 heteroatoms. The fourth-order valence-electron chi connectivity index (χ4n) is 2.55. The number of likely N-dealkylation sites (N-methyl/N-ethyl adjacent to an activating group) is 1. The van der Waals surface area contributed by atoms with Crippen LogP contribution in [0.25, 0.3) is 0 Å². The quantitative estimate of drug-likeness (QED) is 0.780. The highest BCUT2D eigenvalue weighted by molar-refractivity contribution is 5.92. The molecule has 0 heterocycles. The van der Waals surface area contributed by atoms with Crippen LogP contribution in [-0.2, 0) is 11.3 Å². The minimum Gasteiger partial charge on any atom is -0.493 e. The van der Waals surface area contributed by atoms with Gasteiger partial charge in [0.2, 0.25) is 5.91 Å². The van der Waals surface area contributed by atoms with Gasteiger partial charge < -0.3 is 14.8 Å². The summed E-state index contributed by atoms with van der Waals surface area (Å²) in [5, 5.41) is 2.51.